The Kier molecular flexibility index (Phi) is 14.1. The molecule has 0 radical (unpaired) electrons. The number of rotatable bonds is 12. The highest BCUT2D eigenvalue weighted by atomic mass is 16.5. The molecule has 0 aromatic heterocycles. The fraction of sp³-hybridized carbons (Fsp3) is 0.556. The maximum Gasteiger partial charge on any atom is 0.0839 e. The summed E-state index contributed by atoms with van der Waals surface area (Å²) in [5.74, 6) is 0.582. The first-order valence-corrected chi connectivity index (χ1v) is 11.5. The van der Waals surface area contributed by atoms with Crippen LogP contribution < -0.4 is 0 Å². The second-order valence-corrected chi connectivity index (χ2v) is 8.08. The molecular formula is C27H42O3. The average Bonchev–Trinajstić information content (AvgIpc) is 2.77. The molecule has 1 N–H and O–H groups in total. The summed E-state index contributed by atoms with van der Waals surface area (Å²) >= 11 is 0. The van der Waals surface area contributed by atoms with Gasteiger partial charge >= 0.3 is 0 Å². The van der Waals surface area contributed by atoms with Crippen molar-refractivity contribution in [1.82, 2.24) is 0 Å². The third kappa shape index (κ3) is 11.5. The van der Waals surface area contributed by atoms with Gasteiger partial charge in [0, 0.05) is 19.6 Å². The molecule has 3 nitrogen and oxygen atoms in total. The predicted molar refractivity (Wildman–Crippen MR) is 127 cm³/mol. The van der Waals surface area contributed by atoms with E-state index in [9.17, 15) is 5.11 Å². The summed E-state index contributed by atoms with van der Waals surface area (Å²) in [5.41, 5.74) is 2.55. The fourth-order valence-corrected chi connectivity index (χ4v) is 3.06. The number of aliphatic hydroxyl groups excluding tert-OH is 1. The molecule has 30 heavy (non-hydrogen) atoms. The Bertz CT molecular complexity index is 572. The first kappa shape index (κ1) is 26.4. The molecule has 0 unspecified atom stereocenters. The van der Waals surface area contributed by atoms with E-state index in [-0.39, 0.29) is 6.10 Å². The van der Waals surface area contributed by atoms with E-state index in [2.05, 4.69) is 58.0 Å². The summed E-state index contributed by atoms with van der Waals surface area (Å²) in [7, 11) is 0. The van der Waals surface area contributed by atoms with Crippen molar-refractivity contribution < 1.29 is 14.6 Å². The van der Waals surface area contributed by atoms with E-state index in [0.717, 1.165) is 31.4 Å². The maximum absolute atomic E-state index is 9.87. The van der Waals surface area contributed by atoms with Gasteiger partial charge in [0.15, 0.2) is 0 Å². The zero-order valence-corrected chi connectivity index (χ0v) is 19.6. The monoisotopic (exact) mass is 414 g/mol. The quantitative estimate of drug-likeness (QED) is 0.457. The highest BCUT2D eigenvalue weighted by Crippen LogP contribution is 2.14. The SMILES string of the molecule is CCCO[C@@H](C)[C@H](C)Cc1ccccc1.CCCO[C@@H](C)[C@H](O)Cc1ccccc1. The van der Waals surface area contributed by atoms with Crippen LogP contribution in [0.25, 0.3) is 0 Å². The largest absolute Gasteiger partial charge is 0.390 e. The summed E-state index contributed by atoms with van der Waals surface area (Å²) in [4.78, 5) is 0. The normalized spacial score (nSPS) is 14.9. The molecule has 0 fully saturated rings. The van der Waals surface area contributed by atoms with Crippen LogP contribution in [0, 0.1) is 5.92 Å². The van der Waals surface area contributed by atoms with Gasteiger partial charge < -0.3 is 14.6 Å². The summed E-state index contributed by atoms with van der Waals surface area (Å²) < 4.78 is 11.2. The molecule has 168 valence electrons. The van der Waals surface area contributed by atoms with Crippen molar-refractivity contribution >= 4 is 0 Å². The first-order chi connectivity index (χ1) is 14.5. The second-order valence-electron chi connectivity index (χ2n) is 8.08. The zero-order chi connectivity index (χ0) is 22.2. The molecular weight excluding hydrogens is 372 g/mol. The number of aliphatic hydroxyl groups is 1. The van der Waals surface area contributed by atoms with Gasteiger partial charge in [0.25, 0.3) is 0 Å². The summed E-state index contributed by atoms with van der Waals surface area (Å²) in [6.45, 7) is 12.2. The number of hydrogen-bond donors (Lipinski definition) is 1. The minimum atomic E-state index is -0.418. The van der Waals surface area contributed by atoms with E-state index in [1.807, 2.05) is 37.3 Å². The van der Waals surface area contributed by atoms with Crippen LogP contribution in [0.2, 0.25) is 0 Å². The number of hydrogen-bond acceptors (Lipinski definition) is 3. The third-order valence-corrected chi connectivity index (χ3v) is 5.20. The van der Waals surface area contributed by atoms with Crippen LogP contribution in [0.4, 0.5) is 0 Å². The van der Waals surface area contributed by atoms with Gasteiger partial charge in [-0.2, -0.15) is 0 Å². The Labute approximate surface area is 184 Å². The molecule has 0 aliphatic rings. The zero-order valence-electron chi connectivity index (χ0n) is 19.6. The van der Waals surface area contributed by atoms with Gasteiger partial charge in [0.2, 0.25) is 0 Å². The highest BCUT2D eigenvalue weighted by Gasteiger charge is 2.14. The van der Waals surface area contributed by atoms with Crippen molar-refractivity contribution in [1.29, 1.82) is 0 Å². The summed E-state index contributed by atoms with van der Waals surface area (Å²) in [5, 5.41) is 9.87. The maximum atomic E-state index is 9.87. The Morgan fingerprint density at radius 2 is 1.10 bits per heavy atom. The lowest BCUT2D eigenvalue weighted by Gasteiger charge is -2.20. The topological polar surface area (TPSA) is 38.7 Å². The fourth-order valence-electron chi connectivity index (χ4n) is 3.06. The molecule has 0 heterocycles. The molecule has 2 aromatic carbocycles. The highest BCUT2D eigenvalue weighted by molar-refractivity contribution is 5.16. The van der Waals surface area contributed by atoms with Crippen LogP contribution in [0.1, 0.15) is 58.6 Å². The van der Waals surface area contributed by atoms with Gasteiger partial charge in [-0.1, -0.05) is 81.4 Å². The lowest BCUT2D eigenvalue weighted by molar-refractivity contribution is -0.0256. The Morgan fingerprint density at radius 1 is 0.667 bits per heavy atom. The van der Waals surface area contributed by atoms with Crippen LogP contribution >= 0.6 is 0 Å². The van der Waals surface area contributed by atoms with Crippen LogP contribution in [-0.2, 0) is 22.3 Å². The van der Waals surface area contributed by atoms with E-state index in [1.54, 1.807) is 0 Å². The van der Waals surface area contributed by atoms with Gasteiger partial charge in [0.05, 0.1) is 18.3 Å². The average molecular weight is 415 g/mol. The van der Waals surface area contributed by atoms with Crippen LogP contribution in [0.5, 0.6) is 0 Å². The lowest BCUT2D eigenvalue weighted by atomic mass is 9.97. The standard InChI is InChI=1S/C14H22O.C13H20O2/c1-4-10-15-13(3)12(2)11-14-8-6-5-7-9-14;1-3-9-15-11(2)13(14)10-12-7-5-4-6-8-12/h5-9,12-13H,4,10-11H2,1-3H3;4-8,11,13-14H,3,9-10H2,1-2H3/t12-,13+;11-,13+/m10/s1. The summed E-state index contributed by atoms with van der Waals surface area (Å²) in [6, 6.07) is 20.6. The minimum absolute atomic E-state index is 0.0924. The molecule has 0 saturated carbocycles. The van der Waals surface area contributed by atoms with Crippen molar-refractivity contribution in [2.75, 3.05) is 13.2 Å². The lowest BCUT2D eigenvalue weighted by Crippen LogP contribution is -2.28. The van der Waals surface area contributed by atoms with Crippen molar-refractivity contribution in [3.05, 3.63) is 71.8 Å². The van der Waals surface area contributed by atoms with E-state index in [4.69, 9.17) is 9.47 Å². The number of benzene rings is 2. The van der Waals surface area contributed by atoms with Gasteiger partial charge in [-0.25, -0.2) is 0 Å². The third-order valence-electron chi connectivity index (χ3n) is 5.20. The molecule has 0 spiro atoms. The van der Waals surface area contributed by atoms with Crippen molar-refractivity contribution in [2.45, 2.75) is 78.6 Å². The Balaban J connectivity index is 0.000000300. The van der Waals surface area contributed by atoms with Gasteiger partial charge in [-0.3, -0.25) is 0 Å². The molecule has 0 saturated heterocycles. The Morgan fingerprint density at radius 3 is 1.57 bits per heavy atom. The second kappa shape index (κ2) is 16.1. The van der Waals surface area contributed by atoms with Gasteiger partial charge in [0.1, 0.15) is 0 Å². The van der Waals surface area contributed by atoms with E-state index >= 15 is 0 Å². The summed E-state index contributed by atoms with van der Waals surface area (Å²) in [6.07, 6.45) is 3.69. The van der Waals surface area contributed by atoms with Crippen molar-refractivity contribution in [2.24, 2.45) is 5.92 Å². The molecule has 0 amide bonds. The number of ether oxygens (including phenoxy) is 2. The van der Waals surface area contributed by atoms with Crippen LogP contribution in [-0.4, -0.2) is 36.6 Å². The van der Waals surface area contributed by atoms with Crippen molar-refractivity contribution in [3.8, 4) is 0 Å². The first-order valence-electron chi connectivity index (χ1n) is 11.5. The smallest absolute Gasteiger partial charge is 0.0839 e. The predicted octanol–water partition coefficient (Wildman–Crippen LogP) is 6.09. The van der Waals surface area contributed by atoms with Crippen LogP contribution in [0.3, 0.4) is 0 Å². The molecule has 2 aromatic rings. The minimum Gasteiger partial charge on any atom is -0.390 e. The van der Waals surface area contributed by atoms with E-state index < -0.39 is 6.10 Å². The van der Waals surface area contributed by atoms with E-state index in [1.165, 1.54) is 5.56 Å². The molecule has 2 rings (SSSR count). The van der Waals surface area contributed by atoms with Gasteiger partial charge in [-0.15, -0.1) is 0 Å². The molecule has 0 aliphatic heterocycles. The Hall–Kier alpha value is -1.68. The van der Waals surface area contributed by atoms with Crippen molar-refractivity contribution in [3.63, 3.8) is 0 Å². The van der Waals surface area contributed by atoms with Gasteiger partial charge in [-0.05, 0) is 50.2 Å². The molecule has 0 aliphatic carbocycles. The van der Waals surface area contributed by atoms with E-state index in [0.29, 0.717) is 25.0 Å². The molecule has 0 bridgehead atoms. The van der Waals surface area contributed by atoms with Crippen LogP contribution in [0.15, 0.2) is 60.7 Å². The molecule has 4 atom stereocenters. The molecule has 3 heteroatoms.